The summed E-state index contributed by atoms with van der Waals surface area (Å²) in [5.41, 5.74) is 1.40. The van der Waals surface area contributed by atoms with Gasteiger partial charge in [-0.15, -0.1) is 0 Å². The van der Waals surface area contributed by atoms with E-state index in [1.54, 1.807) is 49.7 Å². The molecule has 2 aromatic heterocycles. The summed E-state index contributed by atoms with van der Waals surface area (Å²) in [4.78, 5) is 36.5. The van der Waals surface area contributed by atoms with Crippen LogP contribution in [0.4, 0.5) is 16.3 Å². The molecule has 0 saturated carbocycles. The number of benzene rings is 1. The van der Waals surface area contributed by atoms with Gasteiger partial charge in [-0.2, -0.15) is 5.10 Å². The summed E-state index contributed by atoms with van der Waals surface area (Å²) < 4.78 is 6.93. The van der Waals surface area contributed by atoms with E-state index in [-0.39, 0.29) is 5.91 Å². The van der Waals surface area contributed by atoms with Gasteiger partial charge in [-0.3, -0.25) is 10.1 Å². The Bertz CT molecular complexity index is 1160. The molecule has 0 saturated heterocycles. The minimum absolute atomic E-state index is 0.111. The lowest BCUT2D eigenvalue weighted by Gasteiger charge is -2.19. The molecule has 2 heterocycles. The van der Waals surface area contributed by atoms with Crippen molar-refractivity contribution in [1.29, 1.82) is 0 Å². The highest BCUT2D eigenvalue weighted by molar-refractivity contribution is 6.01. The Morgan fingerprint density at radius 3 is 2.45 bits per heavy atom. The normalized spacial score (nSPS) is 11.8. The molecule has 0 fully saturated rings. The van der Waals surface area contributed by atoms with Gasteiger partial charge >= 0.3 is 6.09 Å². The lowest BCUT2D eigenvalue weighted by molar-refractivity contribution is -0.113. The van der Waals surface area contributed by atoms with Crippen LogP contribution in [0.1, 0.15) is 20.8 Å². The molecule has 0 aliphatic rings. The molecule has 0 atom stereocenters. The fraction of sp³-hybridized carbons (Fsp3) is 0.348. The Labute approximate surface area is 192 Å². The lowest BCUT2D eigenvalue weighted by atomic mass is 10.2. The van der Waals surface area contributed by atoms with Gasteiger partial charge < -0.3 is 14.5 Å². The second kappa shape index (κ2) is 9.78. The third kappa shape index (κ3) is 6.13. The Morgan fingerprint density at radius 1 is 1.12 bits per heavy atom. The molecule has 10 heteroatoms. The van der Waals surface area contributed by atoms with Crippen LogP contribution >= 0.6 is 0 Å². The summed E-state index contributed by atoms with van der Waals surface area (Å²) in [7, 11) is 5.61. The van der Waals surface area contributed by atoms with Gasteiger partial charge in [-0.1, -0.05) is 6.08 Å². The second-order valence-corrected chi connectivity index (χ2v) is 8.72. The number of hydrogen-bond acceptors (Lipinski definition) is 7. The molecule has 1 aromatic carbocycles. The number of ether oxygens (including phenoxy) is 1. The molecule has 3 aromatic rings. The third-order valence-electron chi connectivity index (χ3n) is 4.53. The monoisotopic (exact) mass is 451 g/mol. The number of anilines is 2. The maximum Gasteiger partial charge on any atom is 0.413 e. The van der Waals surface area contributed by atoms with E-state index < -0.39 is 11.7 Å². The SMILES string of the molecule is CN(C)C/C=C/C(=O)N(C)c1ccc(-n2ncc3c(NC(=O)OC(C)(C)C)ncnc32)cc1. The number of hydrogen-bond donors (Lipinski definition) is 1. The van der Waals surface area contributed by atoms with Crippen LogP contribution in [0.2, 0.25) is 0 Å². The highest BCUT2D eigenvalue weighted by atomic mass is 16.6. The van der Waals surface area contributed by atoms with Crippen LogP contribution < -0.4 is 10.2 Å². The Kier molecular flexibility index (Phi) is 7.07. The zero-order chi connectivity index (χ0) is 24.2. The number of aromatic nitrogens is 4. The molecule has 0 bridgehead atoms. The van der Waals surface area contributed by atoms with Crippen molar-refractivity contribution in [2.75, 3.05) is 37.9 Å². The molecule has 10 nitrogen and oxygen atoms in total. The van der Waals surface area contributed by atoms with E-state index in [2.05, 4.69) is 20.4 Å². The summed E-state index contributed by atoms with van der Waals surface area (Å²) in [6.45, 7) is 6.05. The predicted octanol–water partition coefficient (Wildman–Crippen LogP) is 3.24. The van der Waals surface area contributed by atoms with Gasteiger partial charge in [0, 0.05) is 25.4 Å². The minimum atomic E-state index is -0.626. The van der Waals surface area contributed by atoms with E-state index in [0.29, 0.717) is 23.4 Å². The average Bonchev–Trinajstić information content (AvgIpc) is 3.17. The van der Waals surface area contributed by atoms with Crippen molar-refractivity contribution in [1.82, 2.24) is 24.6 Å². The molecular weight excluding hydrogens is 422 g/mol. The van der Waals surface area contributed by atoms with Crippen molar-refractivity contribution in [3.05, 3.63) is 48.9 Å². The molecule has 174 valence electrons. The number of nitrogens with one attached hydrogen (secondary N) is 1. The molecule has 0 unspecified atom stereocenters. The number of nitrogens with zero attached hydrogens (tertiary/aromatic N) is 6. The van der Waals surface area contributed by atoms with Gasteiger partial charge in [0.05, 0.1) is 17.3 Å². The highest BCUT2D eigenvalue weighted by Gasteiger charge is 2.19. The second-order valence-electron chi connectivity index (χ2n) is 8.72. The van der Waals surface area contributed by atoms with Gasteiger partial charge in [-0.05, 0) is 59.1 Å². The van der Waals surface area contributed by atoms with Crippen LogP contribution in [0, 0.1) is 0 Å². The quantitative estimate of drug-likeness (QED) is 0.574. The molecule has 3 rings (SSSR count). The summed E-state index contributed by atoms with van der Waals surface area (Å²) in [6, 6.07) is 7.36. The van der Waals surface area contributed by atoms with E-state index >= 15 is 0 Å². The number of carbonyl (C=O) groups is 2. The minimum Gasteiger partial charge on any atom is -0.444 e. The summed E-state index contributed by atoms with van der Waals surface area (Å²) in [6.07, 6.45) is 5.72. The van der Waals surface area contributed by atoms with Crippen molar-refractivity contribution < 1.29 is 14.3 Å². The molecule has 33 heavy (non-hydrogen) atoms. The fourth-order valence-corrected chi connectivity index (χ4v) is 2.95. The molecule has 0 aliphatic carbocycles. The topological polar surface area (TPSA) is 105 Å². The van der Waals surface area contributed by atoms with E-state index in [4.69, 9.17) is 4.74 Å². The maximum atomic E-state index is 12.4. The van der Waals surface area contributed by atoms with Gasteiger partial charge in [0.1, 0.15) is 17.7 Å². The van der Waals surface area contributed by atoms with E-state index in [1.807, 2.05) is 49.3 Å². The van der Waals surface area contributed by atoms with Crippen molar-refractivity contribution in [2.24, 2.45) is 0 Å². The lowest BCUT2D eigenvalue weighted by Crippen LogP contribution is -2.27. The maximum absolute atomic E-state index is 12.4. The van der Waals surface area contributed by atoms with E-state index in [0.717, 1.165) is 11.4 Å². The molecule has 0 spiro atoms. The van der Waals surface area contributed by atoms with Crippen molar-refractivity contribution >= 4 is 34.5 Å². The largest absolute Gasteiger partial charge is 0.444 e. The molecular formula is C23H29N7O3. The molecule has 1 N–H and O–H groups in total. The Balaban J connectivity index is 1.79. The van der Waals surface area contributed by atoms with Crippen LogP contribution in [0.5, 0.6) is 0 Å². The van der Waals surface area contributed by atoms with Gasteiger partial charge in [0.25, 0.3) is 0 Å². The van der Waals surface area contributed by atoms with Gasteiger partial charge in [0.15, 0.2) is 5.65 Å². The predicted molar refractivity (Wildman–Crippen MR) is 128 cm³/mol. The van der Waals surface area contributed by atoms with Gasteiger partial charge in [-0.25, -0.2) is 19.4 Å². The summed E-state index contributed by atoms with van der Waals surface area (Å²) in [5.74, 6) is 0.201. The highest BCUT2D eigenvalue weighted by Crippen LogP contribution is 2.24. The summed E-state index contributed by atoms with van der Waals surface area (Å²) in [5, 5.41) is 7.62. The Hall–Kier alpha value is -3.79. The first-order valence-electron chi connectivity index (χ1n) is 10.4. The first kappa shape index (κ1) is 23.9. The van der Waals surface area contributed by atoms with Crippen LogP contribution in [0.15, 0.2) is 48.9 Å². The zero-order valence-electron chi connectivity index (χ0n) is 19.7. The molecule has 2 amide bonds. The van der Waals surface area contributed by atoms with Crippen LogP contribution in [0.3, 0.4) is 0 Å². The fourth-order valence-electron chi connectivity index (χ4n) is 2.95. The van der Waals surface area contributed by atoms with Crippen LogP contribution in [0.25, 0.3) is 16.7 Å². The standard InChI is InChI=1S/C23H29N7O3/c1-23(2,3)33-22(32)27-20-18-14-26-30(21(18)25-15-24-20)17-11-9-16(10-12-17)29(6)19(31)8-7-13-28(4)5/h7-12,14-15H,13H2,1-6H3,(H,24,25,27,32)/b8-7+. The van der Waals surface area contributed by atoms with Crippen molar-refractivity contribution in [2.45, 2.75) is 26.4 Å². The molecule has 0 radical (unpaired) electrons. The number of fused-ring (bicyclic) bond motifs is 1. The number of rotatable bonds is 6. The average molecular weight is 452 g/mol. The van der Waals surface area contributed by atoms with E-state index in [1.165, 1.54) is 6.33 Å². The number of likely N-dealkylation sites (N-methyl/N-ethyl adjacent to an activating group) is 2. The first-order valence-corrected chi connectivity index (χ1v) is 10.4. The zero-order valence-corrected chi connectivity index (χ0v) is 19.7. The van der Waals surface area contributed by atoms with Crippen molar-refractivity contribution in [3.63, 3.8) is 0 Å². The van der Waals surface area contributed by atoms with Gasteiger partial charge in [0.2, 0.25) is 5.91 Å². The van der Waals surface area contributed by atoms with Crippen LogP contribution in [-0.4, -0.2) is 69.9 Å². The number of carbonyl (C=O) groups excluding carboxylic acids is 2. The molecule has 0 aliphatic heterocycles. The van der Waals surface area contributed by atoms with Crippen LogP contribution in [-0.2, 0) is 9.53 Å². The van der Waals surface area contributed by atoms with E-state index in [9.17, 15) is 9.59 Å². The third-order valence-corrected chi connectivity index (χ3v) is 4.53. The summed E-state index contributed by atoms with van der Waals surface area (Å²) >= 11 is 0. The smallest absolute Gasteiger partial charge is 0.413 e. The van der Waals surface area contributed by atoms with Crippen molar-refractivity contribution in [3.8, 4) is 5.69 Å². The number of amides is 2. The Morgan fingerprint density at radius 2 is 1.82 bits per heavy atom. The first-order chi connectivity index (χ1) is 15.5.